The molecule has 6 heteroatoms. The summed E-state index contributed by atoms with van der Waals surface area (Å²) in [6.07, 6.45) is 2.13. The van der Waals surface area contributed by atoms with Crippen LogP contribution < -0.4 is 10.6 Å². The van der Waals surface area contributed by atoms with Crippen molar-refractivity contribution in [2.75, 3.05) is 18.5 Å². The summed E-state index contributed by atoms with van der Waals surface area (Å²) in [5, 5.41) is 5.70. The summed E-state index contributed by atoms with van der Waals surface area (Å²) in [6, 6.07) is 14.0. The standard InChI is InChI=1S/C19H21FN2O2S/c20-16-8-2-1-6-14(16)13-25-18-10-4-3-9-17(18)22-19(23)21-12-15-7-5-11-24-15/h1-4,6,8-10,15H,5,7,11-13H2,(H2,21,22,23)/t15-/m0/s1. The van der Waals surface area contributed by atoms with Gasteiger partial charge in [0.05, 0.1) is 11.8 Å². The topological polar surface area (TPSA) is 50.4 Å². The molecule has 0 unspecified atom stereocenters. The lowest BCUT2D eigenvalue weighted by Crippen LogP contribution is -2.35. The molecule has 2 aromatic rings. The average Bonchev–Trinajstić information content (AvgIpc) is 3.14. The second kappa shape index (κ2) is 8.87. The van der Waals surface area contributed by atoms with E-state index in [9.17, 15) is 9.18 Å². The number of hydrogen-bond acceptors (Lipinski definition) is 3. The van der Waals surface area contributed by atoms with Crippen LogP contribution in [0.25, 0.3) is 0 Å². The van der Waals surface area contributed by atoms with Crippen LogP contribution in [0.15, 0.2) is 53.4 Å². The van der Waals surface area contributed by atoms with Gasteiger partial charge in [-0.05, 0) is 36.6 Å². The maximum Gasteiger partial charge on any atom is 0.319 e. The molecule has 1 heterocycles. The summed E-state index contributed by atoms with van der Waals surface area (Å²) in [5.41, 5.74) is 1.36. The van der Waals surface area contributed by atoms with E-state index in [1.165, 1.54) is 17.8 Å². The normalized spacial score (nSPS) is 16.6. The number of para-hydroxylation sites is 1. The van der Waals surface area contributed by atoms with E-state index in [4.69, 9.17) is 4.74 Å². The van der Waals surface area contributed by atoms with Gasteiger partial charge >= 0.3 is 6.03 Å². The summed E-state index contributed by atoms with van der Waals surface area (Å²) in [7, 11) is 0. The molecular formula is C19H21FN2O2S. The third-order valence-electron chi connectivity index (χ3n) is 3.99. The van der Waals surface area contributed by atoms with Crippen LogP contribution in [0.3, 0.4) is 0 Å². The van der Waals surface area contributed by atoms with Gasteiger partial charge in [0, 0.05) is 23.8 Å². The highest BCUT2D eigenvalue weighted by Crippen LogP contribution is 2.30. The summed E-state index contributed by atoms with van der Waals surface area (Å²) >= 11 is 1.49. The Morgan fingerprint density at radius 3 is 2.80 bits per heavy atom. The van der Waals surface area contributed by atoms with E-state index in [-0.39, 0.29) is 18.0 Å². The Morgan fingerprint density at radius 2 is 2.00 bits per heavy atom. The Balaban J connectivity index is 1.56. The molecule has 4 nitrogen and oxygen atoms in total. The Labute approximate surface area is 151 Å². The van der Waals surface area contributed by atoms with Crippen LogP contribution >= 0.6 is 11.8 Å². The summed E-state index contributed by atoms with van der Waals surface area (Å²) in [5.74, 6) is 0.290. The van der Waals surface area contributed by atoms with Gasteiger partial charge in [0.1, 0.15) is 5.82 Å². The molecule has 2 N–H and O–H groups in total. The van der Waals surface area contributed by atoms with Crippen LogP contribution in [0.5, 0.6) is 0 Å². The highest BCUT2D eigenvalue weighted by atomic mass is 32.2. The number of amides is 2. The lowest BCUT2D eigenvalue weighted by atomic mass is 10.2. The zero-order chi connectivity index (χ0) is 17.5. The molecule has 0 aliphatic carbocycles. The minimum absolute atomic E-state index is 0.108. The van der Waals surface area contributed by atoms with Gasteiger partial charge in [-0.25, -0.2) is 9.18 Å². The second-order valence-electron chi connectivity index (χ2n) is 5.85. The molecule has 0 radical (unpaired) electrons. The van der Waals surface area contributed by atoms with Crippen molar-refractivity contribution in [2.24, 2.45) is 0 Å². The van der Waals surface area contributed by atoms with Crippen LogP contribution in [0, 0.1) is 5.82 Å². The molecule has 0 bridgehead atoms. The predicted octanol–water partition coefficient (Wildman–Crippen LogP) is 4.42. The first-order valence-electron chi connectivity index (χ1n) is 8.34. The molecule has 2 aromatic carbocycles. The van der Waals surface area contributed by atoms with E-state index in [2.05, 4.69) is 10.6 Å². The van der Waals surface area contributed by atoms with Crippen molar-refractivity contribution < 1.29 is 13.9 Å². The van der Waals surface area contributed by atoms with E-state index >= 15 is 0 Å². The monoisotopic (exact) mass is 360 g/mol. The maximum atomic E-state index is 13.7. The van der Waals surface area contributed by atoms with Gasteiger partial charge < -0.3 is 15.4 Å². The predicted molar refractivity (Wildman–Crippen MR) is 98.4 cm³/mol. The number of carbonyl (C=O) groups excluding carboxylic acids is 1. The van der Waals surface area contributed by atoms with Crippen molar-refractivity contribution in [3.63, 3.8) is 0 Å². The van der Waals surface area contributed by atoms with Gasteiger partial charge in [0.15, 0.2) is 0 Å². The molecule has 1 atom stereocenters. The third kappa shape index (κ3) is 5.21. The van der Waals surface area contributed by atoms with Crippen LogP contribution in [0.2, 0.25) is 0 Å². The fraction of sp³-hybridized carbons (Fsp3) is 0.316. The van der Waals surface area contributed by atoms with E-state index in [1.807, 2.05) is 30.3 Å². The fourth-order valence-electron chi connectivity index (χ4n) is 2.65. The van der Waals surface area contributed by atoms with Crippen molar-refractivity contribution >= 4 is 23.5 Å². The molecule has 1 aliphatic rings. The van der Waals surface area contributed by atoms with Gasteiger partial charge in [0.2, 0.25) is 0 Å². The number of halogens is 1. The Kier molecular flexibility index (Phi) is 6.30. The van der Waals surface area contributed by atoms with Crippen LogP contribution in [-0.4, -0.2) is 25.3 Å². The molecule has 3 rings (SSSR count). The van der Waals surface area contributed by atoms with Crippen molar-refractivity contribution in [2.45, 2.75) is 29.6 Å². The first-order chi connectivity index (χ1) is 12.2. The number of rotatable bonds is 6. The molecule has 2 amide bonds. The molecule has 1 saturated heterocycles. The molecule has 1 aliphatic heterocycles. The molecular weight excluding hydrogens is 339 g/mol. The number of anilines is 1. The lowest BCUT2D eigenvalue weighted by molar-refractivity contribution is 0.112. The third-order valence-corrected chi connectivity index (χ3v) is 5.11. The van der Waals surface area contributed by atoms with Crippen LogP contribution in [0.1, 0.15) is 18.4 Å². The van der Waals surface area contributed by atoms with Crippen molar-refractivity contribution in [1.82, 2.24) is 5.32 Å². The van der Waals surface area contributed by atoms with E-state index < -0.39 is 0 Å². The van der Waals surface area contributed by atoms with Gasteiger partial charge in [-0.15, -0.1) is 11.8 Å². The minimum atomic E-state index is -0.255. The second-order valence-corrected chi connectivity index (χ2v) is 6.86. The van der Waals surface area contributed by atoms with Gasteiger partial charge in [-0.2, -0.15) is 0 Å². The van der Waals surface area contributed by atoms with Gasteiger partial charge in [-0.3, -0.25) is 0 Å². The maximum absolute atomic E-state index is 13.7. The number of carbonyl (C=O) groups is 1. The number of nitrogens with one attached hydrogen (secondary N) is 2. The Morgan fingerprint density at radius 1 is 1.20 bits per heavy atom. The minimum Gasteiger partial charge on any atom is -0.376 e. The fourth-order valence-corrected chi connectivity index (χ4v) is 3.64. The van der Waals surface area contributed by atoms with E-state index in [0.29, 0.717) is 23.5 Å². The van der Waals surface area contributed by atoms with Gasteiger partial charge in [0.25, 0.3) is 0 Å². The highest BCUT2D eigenvalue weighted by Gasteiger charge is 2.16. The molecule has 132 valence electrons. The van der Waals surface area contributed by atoms with Crippen molar-refractivity contribution in [3.05, 3.63) is 59.9 Å². The molecule has 0 spiro atoms. The van der Waals surface area contributed by atoms with E-state index in [0.717, 1.165) is 24.3 Å². The number of thioether (sulfide) groups is 1. The van der Waals surface area contributed by atoms with Gasteiger partial charge in [-0.1, -0.05) is 30.3 Å². The van der Waals surface area contributed by atoms with Crippen LogP contribution in [0.4, 0.5) is 14.9 Å². The lowest BCUT2D eigenvalue weighted by Gasteiger charge is -2.14. The molecule has 0 aromatic heterocycles. The first kappa shape index (κ1) is 17.8. The number of hydrogen-bond donors (Lipinski definition) is 2. The Bertz CT molecular complexity index is 720. The number of urea groups is 1. The molecule has 25 heavy (non-hydrogen) atoms. The molecule has 1 fully saturated rings. The quantitative estimate of drug-likeness (QED) is 0.750. The molecule has 0 saturated carbocycles. The SMILES string of the molecule is O=C(NC[C@@H]1CCCO1)Nc1ccccc1SCc1ccccc1F. The largest absolute Gasteiger partial charge is 0.376 e. The zero-order valence-corrected chi connectivity index (χ0v) is 14.7. The smallest absolute Gasteiger partial charge is 0.319 e. The summed E-state index contributed by atoms with van der Waals surface area (Å²) in [4.78, 5) is 13.0. The number of benzene rings is 2. The van der Waals surface area contributed by atoms with Crippen LogP contribution in [-0.2, 0) is 10.5 Å². The summed E-state index contributed by atoms with van der Waals surface area (Å²) in [6.45, 7) is 1.28. The van der Waals surface area contributed by atoms with Crippen molar-refractivity contribution in [1.29, 1.82) is 0 Å². The Hall–Kier alpha value is -2.05. The average molecular weight is 360 g/mol. The summed E-state index contributed by atoms with van der Waals surface area (Å²) < 4.78 is 19.2. The van der Waals surface area contributed by atoms with Crippen molar-refractivity contribution in [3.8, 4) is 0 Å². The zero-order valence-electron chi connectivity index (χ0n) is 13.8. The van der Waals surface area contributed by atoms with E-state index in [1.54, 1.807) is 12.1 Å². The first-order valence-corrected chi connectivity index (χ1v) is 9.32. The number of ether oxygens (including phenoxy) is 1. The highest BCUT2D eigenvalue weighted by molar-refractivity contribution is 7.98.